The number of rotatable bonds is 3. The molecule has 4 atom stereocenters. The first-order chi connectivity index (χ1) is 17.0. The summed E-state index contributed by atoms with van der Waals surface area (Å²) in [6.07, 6.45) is -3.85. The predicted octanol–water partition coefficient (Wildman–Crippen LogP) is 3.27. The number of phenolic OH excluding ortho intramolecular Hbond substituents is 1. The first kappa shape index (κ1) is 24.1. The Balaban J connectivity index is 1.98. The van der Waals surface area contributed by atoms with Crippen LogP contribution in [-0.4, -0.2) is 53.1 Å². The van der Waals surface area contributed by atoms with Crippen molar-refractivity contribution in [2.75, 3.05) is 14.2 Å². The zero-order valence-electron chi connectivity index (χ0n) is 20.4. The second-order valence-corrected chi connectivity index (χ2v) is 9.31. The van der Waals surface area contributed by atoms with E-state index in [1.165, 1.54) is 40.2 Å². The number of phenols is 1. The van der Waals surface area contributed by atoms with E-state index in [0.29, 0.717) is 27.5 Å². The molecular formula is C27H26O9. The van der Waals surface area contributed by atoms with Gasteiger partial charge in [0.2, 0.25) is 0 Å². The van der Waals surface area contributed by atoms with E-state index in [1.807, 2.05) is 6.92 Å². The van der Waals surface area contributed by atoms with Crippen LogP contribution in [0.3, 0.4) is 0 Å². The van der Waals surface area contributed by atoms with E-state index in [-0.39, 0.29) is 27.9 Å². The molecule has 2 heterocycles. The summed E-state index contributed by atoms with van der Waals surface area (Å²) in [6, 6.07) is 8.02. The molecule has 9 heteroatoms. The van der Waals surface area contributed by atoms with Gasteiger partial charge >= 0.3 is 5.63 Å². The van der Waals surface area contributed by atoms with Crippen molar-refractivity contribution in [3.63, 3.8) is 0 Å². The number of aromatic hydroxyl groups is 1. The van der Waals surface area contributed by atoms with Gasteiger partial charge in [-0.15, -0.1) is 0 Å². The molecule has 0 radical (unpaired) electrons. The van der Waals surface area contributed by atoms with E-state index in [2.05, 4.69) is 0 Å². The fraction of sp³-hybridized carbons (Fsp3) is 0.333. The van der Waals surface area contributed by atoms with E-state index in [1.54, 1.807) is 18.2 Å². The van der Waals surface area contributed by atoms with Gasteiger partial charge in [-0.3, -0.25) is 4.79 Å². The van der Waals surface area contributed by atoms with Gasteiger partial charge in [0.15, 0.2) is 11.4 Å². The van der Waals surface area contributed by atoms with Gasteiger partial charge in [-0.05, 0) is 56.2 Å². The summed E-state index contributed by atoms with van der Waals surface area (Å²) in [5, 5.41) is 34.3. The Morgan fingerprint density at radius 3 is 2.31 bits per heavy atom. The van der Waals surface area contributed by atoms with Crippen molar-refractivity contribution < 1.29 is 38.7 Å². The molecule has 0 saturated carbocycles. The highest BCUT2D eigenvalue weighted by Gasteiger charge is 2.51. The number of carbonyl (C=O) groups excluding carboxylic acids is 1. The van der Waals surface area contributed by atoms with Crippen LogP contribution in [0.15, 0.2) is 39.5 Å². The molecule has 1 saturated heterocycles. The lowest BCUT2D eigenvalue weighted by Gasteiger charge is -2.41. The van der Waals surface area contributed by atoms with Crippen molar-refractivity contribution in [3.05, 3.63) is 51.9 Å². The van der Waals surface area contributed by atoms with E-state index in [9.17, 15) is 24.9 Å². The Morgan fingerprint density at radius 2 is 1.64 bits per heavy atom. The number of aliphatic hydroxyl groups excluding tert-OH is 1. The van der Waals surface area contributed by atoms with Crippen molar-refractivity contribution in [1.82, 2.24) is 0 Å². The molecule has 5 rings (SSSR count). The second-order valence-electron chi connectivity index (χ2n) is 9.31. The Kier molecular flexibility index (Phi) is 5.47. The van der Waals surface area contributed by atoms with Gasteiger partial charge in [0.25, 0.3) is 0 Å². The number of benzene rings is 3. The molecule has 4 aromatic rings. The average molecular weight is 494 g/mol. The number of carbonyl (C=O) groups is 1. The molecule has 0 aliphatic carbocycles. The van der Waals surface area contributed by atoms with Crippen molar-refractivity contribution in [2.24, 2.45) is 0 Å². The highest BCUT2D eigenvalue weighted by Crippen LogP contribution is 2.47. The molecule has 36 heavy (non-hydrogen) atoms. The molecule has 9 nitrogen and oxygen atoms in total. The van der Waals surface area contributed by atoms with Crippen molar-refractivity contribution in [3.8, 4) is 17.2 Å². The van der Waals surface area contributed by atoms with Crippen LogP contribution in [0.25, 0.3) is 32.5 Å². The summed E-state index contributed by atoms with van der Waals surface area (Å²) in [5.41, 5.74) is -1.50. The summed E-state index contributed by atoms with van der Waals surface area (Å²) < 4.78 is 22.9. The monoisotopic (exact) mass is 494 g/mol. The summed E-state index contributed by atoms with van der Waals surface area (Å²) in [4.78, 5) is 25.6. The molecule has 0 amide bonds. The van der Waals surface area contributed by atoms with E-state index in [0.717, 1.165) is 5.56 Å². The number of aryl methyl sites for hydroxylation is 1. The smallest absolute Gasteiger partial charge is 0.344 e. The van der Waals surface area contributed by atoms with E-state index in [4.69, 9.17) is 18.6 Å². The number of fused-ring (bicyclic) bond motifs is 5. The maximum absolute atomic E-state index is 13.2. The maximum atomic E-state index is 13.2. The lowest BCUT2D eigenvalue weighted by atomic mass is 9.81. The van der Waals surface area contributed by atoms with Crippen LogP contribution in [-0.2, 0) is 9.53 Å². The molecule has 0 spiro atoms. The number of methoxy groups -OCH3 is 2. The van der Waals surface area contributed by atoms with E-state index < -0.39 is 35.3 Å². The Hall–Kier alpha value is -3.66. The summed E-state index contributed by atoms with van der Waals surface area (Å²) in [5.74, 6) is -0.0976. The van der Waals surface area contributed by atoms with Crippen LogP contribution in [0, 0.1) is 6.92 Å². The summed E-state index contributed by atoms with van der Waals surface area (Å²) >= 11 is 0. The quantitative estimate of drug-likeness (QED) is 0.290. The molecule has 1 aliphatic heterocycles. The minimum Gasteiger partial charge on any atom is -0.507 e. The molecule has 1 aromatic heterocycles. The van der Waals surface area contributed by atoms with Gasteiger partial charge in [-0.25, -0.2) is 4.79 Å². The number of ketones is 1. The molecule has 3 aromatic carbocycles. The third-order valence-electron chi connectivity index (χ3n) is 6.97. The second kappa shape index (κ2) is 8.19. The minimum absolute atomic E-state index is 0.108. The molecular weight excluding hydrogens is 468 g/mol. The van der Waals surface area contributed by atoms with Gasteiger partial charge in [-0.1, -0.05) is 6.07 Å². The first-order valence-electron chi connectivity index (χ1n) is 11.4. The summed E-state index contributed by atoms with van der Waals surface area (Å²) in [6.45, 7) is 4.55. The first-order valence-corrected chi connectivity index (χ1v) is 11.4. The standard InChI is InChI=1S/C27H26O9/c1-11-8-15-19(17(9-11)33-4)14-10-18(34-5)21-16(28)7-6-13(20(21)22(14)36-26(15)31)23-25(30)27(3,32)24(29)12(2)35-23/h6-10,12,23,25,28,30,32H,1-5H3. The van der Waals surface area contributed by atoms with Crippen molar-refractivity contribution in [1.29, 1.82) is 0 Å². The molecule has 1 aliphatic rings. The van der Waals surface area contributed by atoms with Gasteiger partial charge in [0, 0.05) is 16.2 Å². The lowest BCUT2D eigenvalue weighted by molar-refractivity contribution is -0.204. The highest BCUT2D eigenvalue weighted by molar-refractivity contribution is 6.19. The van der Waals surface area contributed by atoms with Gasteiger partial charge in [-0.2, -0.15) is 0 Å². The Morgan fingerprint density at radius 1 is 0.972 bits per heavy atom. The number of ether oxygens (including phenoxy) is 3. The maximum Gasteiger partial charge on any atom is 0.344 e. The number of hydrogen-bond donors (Lipinski definition) is 3. The SMILES string of the molecule is COc1cc2c(oc(=O)c3cc(C)cc(OC)c32)c2c(C3OC(C)C(=O)C(C)(O)C3O)ccc(O)c12. The molecule has 4 unspecified atom stereocenters. The molecule has 0 bridgehead atoms. The van der Waals surface area contributed by atoms with Crippen LogP contribution in [0.2, 0.25) is 0 Å². The van der Waals surface area contributed by atoms with Gasteiger partial charge in [0.1, 0.15) is 41.1 Å². The van der Waals surface area contributed by atoms with Crippen molar-refractivity contribution >= 4 is 38.3 Å². The molecule has 188 valence electrons. The van der Waals surface area contributed by atoms with Crippen LogP contribution in [0.5, 0.6) is 17.2 Å². The zero-order chi connectivity index (χ0) is 26.1. The van der Waals surface area contributed by atoms with Crippen LogP contribution >= 0.6 is 0 Å². The fourth-order valence-electron chi connectivity index (χ4n) is 5.15. The fourth-order valence-corrected chi connectivity index (χ4v) is 5.15. The number of aliphatic hydroxyl groups is 2. The predicted molar refractivity (Wildman–Crippen MR) is 132 cm³/mol. The largest absolute Gasteiger partial charge is 0.507 e. The third-order valence-corrected chi connectivity index (χ3v) is 6.97. The molecule has 1 fully saturated rings. The van der Waals surface area contributed by atoms with Crippen LogP contribution in [0.4, 0.5) is 0 Å². The van der Waals surface area contributed by atoms with Gasteiger partial charge < -0.3 is 33.9 Å². The summed E-state index contributed by atoms with van der Waals surface area (Å²) in [7, 11) is 2.93. The van der Waals surface area contributed by atoms with Gasteiger partial charge in [0.05, 0.1) is 25.0 Å². The normalized spacial score (nSPS) is 24.5. The third kappa shape index (κ3) is 3.27. The minimum atomic E-state index is -2.09. The highest BCUT2D eigenvalue weighted by atomic mass is 16.5. The lowest BCUT2D eigenvalue weighted by Crippen LogP contribution is -2.58. The zero-order valence-corrected chi connectivity index (χ0v) is 20.4. The number of Topliss-reactive ketones (excluding diaryl/α,β-unsaturated/α-hetero) is 1. The Labute approximate surface area is 205 Å². The van der Waals surface area contributed by atoms with Crippen LogP contribution in [0.1, 0.15) is 31.1 Å². The topological polar surface area (TPSA) is 136 Å². The van der Waals surface area contributed by atoms with Crippen molar-refractivity contribution in [2.45, 2.75) is 44.7 Å². The number of hydrogen-bond acceptors (Lipinski definition) is 9. The van der Waals surface area contributed by atoms with Crippen LogP contribution < -0.4 is 15.1 Å². The average Bonchev–Trinajstić information content (AvgIpc) is 2.85. The Bertz CT molecular complexity index is 1620. The van der Waals surface area contributed by atoms with E-state index >= 15 is 0 Å². The molecule has 3 N–H and O–H groups in total.